The van der Waals surface area contributed by atoms with Crippen LogP contribution in [0.2, 0.25) is 5.02 Å². The van der Waals surface area contributed by atoms with Gasteiger partial charge in [0.2, 0.25) is 0 Å². The molecule has 1 aliphatic rings. The van der Waals surface area contributed by atoms with Crippen LogP contribution >= 0.6 is 23.4 Å². The molecule has 7 heteroatoms. The maximum atomic E-state index is 11.7. The van der Waals surface area contributed by atoms with Gasteiger partial charge < -0.3 is 9.47 Å². The molecule has 1 heterocycles. The van der Waals surface area contributed by atoms with Gasteiger partial charge in [-0.2, -0.15) is 0 Å². The standard InChI is InChI=1S/C19H16ClNO4S/c1-2-24-16-9-12(10-17-18(22)21-19(23)26-17)6-7-15(16)25-11-13-4-3-5-14(20)8-13/h3-10H,2,11H2,1H3,(H,21,22,23)/b17-10-. The highest BCUT2D eigenvalue weighted by Crippen LogP contribution is 2.32. The first-order valence-corrected chi connectivity index (χ1v) is 9.13. The van der Waals surface area contributed by atoms with Gasteiger partial charge in [0.25, 0.3) is 11.1 Å². The number of amides is 2. The van der Waals surface area contributed by atoms with Gasteiger partial charge >= 0.3 is 0 Å². The normalized spacial score (nSPS) is 15.2. The van der Waals surface area contributed by atoms with Gasteiger partial charge in [0.15, 0.2) is 11.5 Å². The zero-order chi connectivity index (χ0) is 18.5. The first-order valence-electron chi connectivity index (χ1n) is 7.94. The summed E-state index contributed by atoms with van der Waals surface area (Å²) in [6, 6.07) is 12.8. The predicted molar refractivity (Wildman–Crippen MR) is 103 cm³/mol. The van der Waals surface area contributed by atoms with Crippen LogP contribution in [-0.2, 0) is 11.4 Å². The number of carbonyl (C=O) groups is 2. The van der Waals surface area contributed by atoms with Crippen molar-refractivity contribution >= 4 is 40.6 Å². The van der Waals surface area contributed by atoms with Crippen LogP contribution in [0.15, 0.2) is 47.4 Å². The predicted octanol–water partition coefficient (Wildman–Crippen LogP) is 4.64. The summed E-state index contributed by atoms with van der Waals surface area (Å²) in [6.07, 6.45) is 1.65. The summed E-state index contributed by atoms with van der Waals surface area (Å²) in [5.41, 5.74) is 1.69. The van der Waals surface area contributed by atoms with E-state index < -0.39 is 0 Å². The number of nitrogens with one attached hydrogen (secondary N) is 1. The molecule has 0 saturated carbocycles. The Hall–Kier alpha value is -2.44. The molecule has 1 N–H and O–H groups in total. The highest BCUT2D eigenvalue weighted by Gasteiger charge is 2.25. The van der Waals surface area contributed by atoms with E-state index in [0.717, 1.165) is 22.9 Å². The van der Waals surface area contributed by atoms with Crippen LogP contribution in [-0.4, -0.2) is 17.8 Å². The van der Waals surface area contributed by atoms with Crippen molar-refractivity contribution in [2.45, 2.75) is 13.5 Å². The molecule has 0 radical (unpaired) electrons. The van der Waals surface area contributed by atoms with Gasteiger partial charge in [0.05, 0.1) is 11.5 Å². The van der Waals surface area contributed by atoms with Crippen molar-refractivity contribution in [2.75, 3.05) is 6.61 Å². The fourth-order valence-electron chi connectivity index (χ4n) is 2.36. The molecular formula is C19H16ClNO4S. The topological polar surface area (TPSA) is 64.6 Å². The van der Waals surface area contributed by atoms with E-state index in [2.05, 4.69) is 5.32 Å². The zero-order valence-electron chi connectivity index (χ0n) is 14.0. The van der Waals surface area contributed by atoms with Gasteiger partial charge in [0, 0.05) is 5.02 Å². The van der Waals surface area contributed by atoms with Crippen LogP contribution in [0.3, 0.4) is 0 Å². The van der Waals surface area contributed by atoms with Crippen molar-refractivity contribution in [1.82, 2.24) is 5.32 Å². The quantitative estimate of drug-likeness (QED) is 0.729. The summed E-state index contributed by atoms with van der Waals surface area (Å²) in [4.78, 5) is 23.3. The molecule has 1 saturated heterocycles. The minimum Gasteiger partial charge on any atom is -0.490 e. The number of thioether (sulfide) groups is 1. The maximum Gasteiger partial charge on any atom is 0.290 e. The number of hydrogen-bond acceptors (Lipinski definition) is 5. The largest absolute Gasteiger partial charge is 0.490 e. The van der Waals surface area contributed by atoms with E-state index >= 15 is 0 Å². The number of ether oxygens (including phenoxy) is 2. The molecule has 0 atom stereocenters. The van der Waals surface area contributed by atoms with E-state index in [1.807, 2.05) is 25.1 Å². The third kappa shape index (κ3) is 4.59. The summed E-state index contributed by atoms with van der Waals surface area (Å²) in [5.74, 6) is 0.770. The van der Waals surface area contributed by atoms with E-state index in [0.29, 0.717) is 34.6 Å². The Morgan fingerprint density at radius 2 is 1.96 bits per heavy atom. The minimum atomic E-state index is -0.390. The highest BCUT2D eigenvalue weighted by atomic mass is 35.5. The van der Waals surface area contributed by atoms with Gasteiger partial charge in [-0.1, -0.05) is 29.8 Å². The Balaban J connectivity index is 1.79. The molecule has 0 aliphatic carbocycles. The molecule has 0 aromatic heterocycles. The third-order valence-electron chi connectivity index (χ3n) is 3.49. The first kappa shape index (κ1) is 18.4. The highest BCUT2D eigenvalue weighted by molar-refractivity contribution is 8.18. The zero-order valence-corrected chi connectivity index (χ0v) is 15.5. The molecule has 0 bridgehead atoms. The minimum absolute atomic E-state index is 0.352. The molecule has 3 rings (SSSR count). The van der Waals surface area contributed by atoms with Gasteiger partial charge in [-0.15, -0.1) is 0 Å². The Labute approximate surface area is 160 Å². The van der Waals surface area contributed by atoms with Crippen molar-refractivity contribution in [1.29, 1.82) is 0 Å². The monoisotopic (exact) mass is 389 g/mol. The second kappa shape index (κ2) is 8.29. The van der Waals surface area contributed by atoms with Crippen LogP contribution in [0, 0.1) is 0 Å². The summed E-state index contributed by atoms with van der Waals surface area (Å²) in [5, 5.41) is 2.52. The summed E-state index contributed by atoms with van der Waals surface area (Å²) >= 11 is 6.86. The lowest BCUT2D eigenvalue weighted by molar-refractivity contribution is -0.115. The molecule has 2 aromatic carbocycles. The molecule has 1 aliphatic heterocycles. The molecule has 2 amide bonds. The van der Waals surface area contributed by atoms with Crippen LogP contribution in [0.5, 0.6) is 11.5 Å². The average Bonchev–Trinajstić information content (AvgIpc) is 2.92. The second-order valence-corrected chi connectivity index (χ2v) is 6.86. The SMILES string of the molecule is CCOc1cc(/C=C2\SC(=O)NC2=O)ccc1OCc1cccc(Cl)c1. The van der Waals surface area contributed by atoms with Crippen molar-refractivity contribution < 1.29 is 19.1 Å². The van der Waals surface area contributed by atoms with Gasteiger partial charge in [0.1, 0.15) is 6.61 Å². The van der Waals surface area contributed by atoms with E-state index in [4.69, 9.17) is 21.1 Å². The van der Waals surface area contributed by atoms with Gasteiger partial charge in [-0.3, -0.25) is 14.9 Å². The summed E-state index contributed by atoms with van der Waals surface area (Å²) in [6.45, 7) is 2.71. The average molecular weight is 390 g/mol. The van der Waals surface area contributed by atoms with Crippen molar-refractivity contribution in [3.63, 3.8) is 0 Å². The first-order chi connectivity index (χ1) is 12.5. The molecule has 0 spiro atoms. The van der Waals surface area contributed by atoms with Gasteiger partial charge in [-0.05, 0) is 60.2 Å². The number of rotatable bonds is 6. The number of carbonyl (C=O) groups excluding carboxylic acids is 2. The number of hydrogen-bond donors (Lipinski definition) is 1. The molecule has 134 valence electrons. The lowest BCUT2D eigenvalue weighted by Crippen LogP contribution is -2.17. The van der Waals surface area contributed by atoms with Crippen molar-refractivity contribution in [3.8, 4) is 11.5 Å². The summed E-state index contributed by atoms with van der Waals surface area (Å²) < 4.78 is 11.5. The van der Waals surface area contributed by atoms with Gasteiger partial charge in [-0.25, -0.2) is 0 Å². The third-order valence-corrected chi connectivity index (χ3v) is 4.54. The molecule has 2 aromatic rings. The van der Waals surface area contributed by atoms with Crippen molar-refractivity contribution in [2.24, 2.45) is 0 Å². The van der Waals surface area contributed by atoms with Crippen LogP contribution in [0.1, 0.15) is 18.1 Å². The Morgan fingerprint density at radius 1 is 1.12 bits per heavy atom. The number of halogens is 1. The fraction of sp³-hybridized carbons (Fsp3) is 0.158. The van der Waals surface area contributed by atoms with Crippen LogP contribution in [0.25, 0.3) is 6.08 Å². The Morgan fingerprint density at radius 3 is 2.65 bits per heavy atom. The lowest BCUT2D eigenvalue weighted by Gasteiger charge is -2.13. The molecular weight excluding hydrogens is 374 g/mol. The van der Waals surface area contributed by atoms with Crippen LogP contribution in [0.4, 0.5) is 4.79 Å². The number of imide groups is 1. The smallest absolute Gasteiger partial charge is 0.290 e. The molecule has 5 nitrogen and oxygen atoms in total. The van der Waals surface area contributed by atoms with Crippen molar-refractivity contribution in [3.05, 3.63) is 63.5 Å². The van der Waals surface area contributed by atoms with Crippen LogP contribution < -0.4 is 14.8 Å². The van der Waals surface area contributed by atoms with E-state index in [-0.39, 0.29) is 11.1 Å². The Kier molecular flexibility index (Phi) is 5.85. The fourth-order valence-corrected chi connectivity index (χ4v) is 3.26. The number of benzene rings is 2. The summed E-state index contributed by atoms with van der Waals surface area (Å²) in [7, 11) is 0. The molecule has 0 unspecified atom stereocenters. The van der Waals surface area contributed by atoms with E-state index in [9.17, 15) is 9.59 Å². The molecule has 1 fully saturated rings. The second-order valence-electron chi connectivity index (χ2n) is 5.41. The lowest BCUT2D eigenvalue weighted by atomic mass is 10.2. The van der Waals surface area contributed by atoms with E-state index in [1.54, 1.807) is 30.3 Å². The maximum absolute atomic E-state index is 11.7. The molecule has 26 heavy (non-hydrogen) atoms. The Bertz CT molecular complexity index is 882. The van der Waals surface area contributed by atoms with E-state index in [1.165, 1.54) is 0 Å².